The van der Waals surface area contributed by atoms with Gasteiger partial charge in [0, 0.05) is 23.6 Å². The van der Waals surface area contributed by atoms with Gasteiger partial charge in [0.15, 0.2) is 0 Å². The fraction of sp³-hybridized carbons (Fsp3) is 0.346. The number of carboxylic acid groups (broad SMARTS) is 1. The summed E-state index contributed by atoms with van der Waals surface area (Å²) >= 11 is 5.87. The van der Waals surface area contributed by atoms with E-state index in [1.54, 1.807) is 19.1 Å². The molecule has 0 saturated carbocycles. The van der Waals surface area contributed by atoms with E-state index in [9.17, 15) is 19.5 Å². The molecular formula is C26H31ClN2O5. The molecule has 2 rings (SSSR count). The van der Waals surface area contributed by atoms with E-state index in [0.717, 1.165) is 22.3 Å². The van der Waals surface area contributed by atoms with Gasteiger partial charge in [0.25, 0.3) is 0 Å². The van der Waals surface area contributed by atoms with Crippen molar-refractivity contribution in [2.24, 2.45) is 0 Å². The molecule has 8 heteroatoms. The lowest BCUT2D eigenvalue weighted by Crippen LogP contribution is -2.49. The number of carbonyl (C=O) groups excluding carboxylic acids is 2. The van der Waals surface area contributed by atoms with Crippen molar-refractivity contribution in [1.82, 2.24) is 10.6 Å². The van der Waals surface area contributed by atoms with Crippen LogP contribution in [-0.2, 0) is 33.6 Å². The first-order valence-electron chi connectivity index (χ1n) is 11.1. The van der Waals surface area contributed by atoms with Crippen molar-refractivity contribution in [3.63, 3.8) is 0 Å². The van der Waals surface area contributed by atoms with Crippen LogP contribution in [-0.4, -0.2) is 47.2 Å². The Balaban J connectivity index is 1.95. The summed E-state index contributed by atoms with van der Waals surface area (Å²) in [4.78, 5) is 36.1. The fourth-order valence-electron chi connectivity index (χ4n) is 3.39. The molecule has 2 aromatic carbocycles. The smallest absolute Gasteiger partial charge is 0.303 e. The average Bonchev–Trinajstić information content (AvgIpc) is 2.82. The number of aliphatic hydroxyl groups excluding tert-OH is 1. The van der Waals surface area contributed by atoms with Crippen LogP contribution in [0.25, 0.3) is 0 Å². The molecule has 0 radical (unpaired) electrons. The Morgan fingerprint density at radius 2 is 1.62 bits per heavy atom. The number of aryl methyl sites for hydroxylation is 1. The number of aliphatic carboxylic acids is 1. The number of hydrogen-bond acceptors (Lipinski definition) is 4. The molecule has 0 aliphatic rings. The third-order valence-electron chi connectivity index (χ3n) is 5.59. The lowest BCUT2D eigenvalue weighted by molar-refractivity contribution is -0.137. The number of benzene rings is 2. The van der Waals surface area contributed by atoms with Gasteiger partial charge in [-0.2, -0.15) is 0 Å². The van der Waals surface area contributed by atoms with Gasteiger partial charge in [0.05, 0.1) is 6.61 Å². The van der Waals surface area contributed by atoms with Crippen LogP contribution >= 0.6 is 11.6 Å². The molecule has 2 aromatic rings. The monoisotopic (exact) mass is 486 g/mol. The molecule has 1 atom stereocenters. The number of nitrogens with one attached hydrogen (secondary N) is 2. The lowest BCUT2D eigenvalue weighted by Gasteiger charge is -2.18. The van der Waals surface area contributed by atoms with Gasteiger partial charge in [0.1, 0.15) is 6.04 Å². The first-order valence-corrected chi connectivity index (χ1v) is 11.5. The van der Waals surface area contributed by atoms with Crippen LogP contribution in [0.5, 0.6) is 0 Å². The third kappa shape index (κ3) is 8.65. The molecule has 0 heterocycles. The second-order valence-electron chi connectivity index (χ2n) is 8.12. The number of amides is 2. The zero-order valence-corrected chi connectivity index (χ0v) is 20.2. The van der Waals surface area contributed by atoms with Gasteiger partial charge in [-0.25, -0.2) is 0 Å². The van der Waals surface area contributed by atoms with Crippen LogP contribution in [0, 0.1) is 0 Å². The van der Waals surface area contributed by atoms with Crippen molar-refractivity contribution >= 4 is 29.4 Å². The highest BCUT2D eigenvalue weighted by atomic mass is 35.5. The summed E-state index contributed by atoms with van der Waals surface area (Å²) in [6, 6.07) is 13.8. The molecule has 0 aliphatic heterocycles. The van der Waals surface area contributed by atoms with Crippen LogP contribution in [0.3, 0.4) is 0 Å². The second-order valence-corrected chi connectivity index (χ2v) is 8.56. The Hall–Kier alpha value is -3.16. The van der Waals surface area contributed by atoms with E-state index in [4.69, 9.17) is 16.7 Å². The SMILES string of the molecule is C/C(Cc1ccccc1CCC(=O)O)=C(\C)C(=O)NC(CO)C(=O)NCCc1ccc(Cl)cc1. The first kappa shape index (κ1) is 27.1. The van der Waals surface area contributed by atoms with Crippen molar-refractivity contribution in [1.29, 1.82) is 0 Å². The number of carboxylic acids is 1. The van der Waals surface area contributed by atoms with E-state index >= 15 is 0 Å². The van der Waals surface area contributed by atoms with E-state index in [0.29, 0.717) is 36.4 Å². The highest BCUT2D eigenvalue weighted by molar-refractivity contribution is 6.30. The summed E-state index contributed by atoms with van der Waals surface area (Å²) in [6.07, 6.45) is 1.51. The van der Waals surface area contributed by atoms with Crippen molar-refractivity contribution in [3.05, 3.63) is 81.4 Å². The van der Waals surface area contributed by atoms with Gasteiger partial charge in [-0.15, -0.1) is 0 Å². The van der Waals surface area contributed by atoms with E-state index in [1.807, 2.05) is 43.3 Å². The molecule has 2 amide bonds. The summed E-state index contributed by atoms with van der Waals surface area (Å²) in [5.41, 5.74) is 4.12. The zero-order chi connectivity index (χ0) is 25.1. The molecule has 182 valence electrons. The van der Waals surface area contributed by atoms with Gasteiger partial charge in [-0.1, -0.05) is 53.6 Å². The molecule has 7 nitrogen and oxygen atoms in total. The highest BCUT2D eigenvalue weighted by Crippen LogP contribution is 2.18. The van der Waals surface area contributed by atoms with Gasteiger partial charge >= 0.3 is 5.97 Å². The maximum atomic E-state index is 12.7. The predicted molar refractivity (Wildman–Crippen MR) is 132 cm³/mol. The maximum absolute atomic E-state index is 12.7. The third-order valence-corrected chi connectivity index (χ3v) is 5.85. The van der Waals surface area contributed by atoms with Crippen LogP contribution in [0.2, 0.25) is 5.02 Å². The lowest BCUT2D eigenvalue weighted by atomic mass is 9.95. The highest BCUT2D eigenvalue weighted by Gasteiger charge is 2.21. The largest absolute Gasteiger partial charge is 0.481 e. The number of carbonyl (C=O) groups is 3. The standard InChI is InChI=1S/C26H31ClN2O5/c1-17(15-21-6-4-3-5-20(21)9-12-24(31)32)18(2)25(33)29-23(16-30)26(34)28-14-13-19-7-10-22(27)11-8-19/h3-8,10-11,23,30H,9,12-16H2,1-2H3,(H,28,34)(H,29,33)(H,31,32)/b18-17-. The summed E-state index contributed by atoms with van der Waals surface area (Å²) in [5.74, 6) is -1.76. The Morgan fingerprint density at radius 3 is 2.24 bits per heavy atom. The molecule has 0 fully saturated rings. The first-order chi connectivity index (χ1) is 16.2. The molecule has 0 bridgehead atoms. The average molecular weight is 487 g/mol. The number of aliphatic hydroxyl groups is 1. The minimum Gasteiger partial charge on any atom is -0.481 e. The Morgan fingerprint density at radius 1 is 0.971 bits per heavy atom. The van der Waals surface area contributed by atoms with Crippen LogP contribution in [0.1, 0.15) is 37.0 Å². The maximum Gasteiger partial charge on any atom is 0.303 e. The topological polar surface area (TPSA) is 116 Å². The Bertz CT molecular complexity index is 1030. The number of halogens is 1. The summed E-state index contributed by atoms with van der Waals surface area (Å²) in [6.45, 7) is 3.32. The van der Waals surface area contributed by atoms with Crippen molar-refractivity contribution in [2.45, 2.75) is 45.6 Å². The molecule has 0 aliphatic carbocycles. The molecule has 0 aromatic heterocycles. The molecule has 0 saturated heterocycles. The predicted octanol–water partition coefficient (Wildman–Crippen LogP) is 3.07. The van der Waals surface area contributed by atoms with Crippen molar-refractivity contribution in [3.8, 4) is 0 Å². The van der Waals surface area contributed by atoms with Crippen LogP contribution in [0.15, 0.2) is 59.7 Å². The van der Waals surface area contributed by atoms with E-state index in [1.165, 1.54) is 0 Å². The van der Waals surface area contributed by atoms with Gasteiger partial charge < -0.3 is 20.8 Å². The Labute approximate surface area is 204 Å². The number of allylic oxidation sites excluding steroid dienone is 1. The van der Waals surface area contributed by atoms with Gasteiger partial charge in [0.2, 0.25) is 11.8 Å². The van der Waals surface area contributed by atoms with Crippen LogP contribution in [0.4, 0.5) is 0 Å². The van der Waals surface area contributed by atoms with E-state index < -0.39 is 30.4 Å². The Kier molecular flexibility index (Phi) is 10.8. The summed E-state index contributed by atoms with van der Waals surface area (Å²) in [7, 11) is 0. The summed E-state index contributed by atoms with van der Waals surface area (Å²) in [5, 5.41) is 24.6. The molecule has 0 spiro atoms. The van der Waals surface area contributed by atoms with Crippen molar-refractivity contribution < 1.29 is 24.6 Å². The molecular weight excluding hydrogens is 456 g/mol. The number of rotatable bonds is 12. The summed E-state index contributed by atoms with van der Waals surface area (Å²) < 4.78 is 0. The zero-order valence-electron chi connectivity index (χ0n) is 19.4. The fourth-order valence-corrected chi connectivity index (χ4v) is 3.52. The normalized spacial score (nSPS) is 12.5. The molecule has 4 N–H and O–H groups in total. The molecule has 34 heavy (non-hydrogen) atoms. The van der Waals surface area contributed by atoms with Gasteiger partial charge in [-0.05, 0) is 61.9 Å². The quantitative estimate of drug-likeness (QED) is 0.344. The minimum atomic E-state index is -1.07. The minimum absolute atomic E-state index is 0.0323. The van der Waals surface area contributed by atoms with Gasteiger partial charge in [-0.3, -0.25) is 14.4 Å². The van der Waals surface area contributed by atoms with E-state index in [-0.39, 0.29) is 6.42 Å². The van der Waals surface area contributed by atoms with Crippen LogP contribution < -0.4 is 10.6 Å². The second kappa shape index (κ2) is 13.5. The number of hydrogen-bond donors (Lipinski definition) is 4. The van der Waals surface area contributed by atoms with E-state index in [2.05, 4.69) is 10.6 Å². The molecule has 1 unspecified atom stereocenters. The van der Waals surface area contributed by atoms with Crippen molar-refractivity contribution in [2.75, 3.05) is 13.2 Å².